The van der Waals surface area contributed by atoms with Gasteiger partial charge in [0.05, 0.1) is 34.6 Å². The highest BCUT2D eigenvalue weighted by Crippen LogP contribution is 2.49. The molecule has 37 heavy (non-hydrogen) atoms. The number of aromatic nitrogens is 4. The van der Waals surface area contributed by atoms with Crippen molar-refractivity contribution in [2.45, 2.75) is 69.9 Å². The van der Waals surface area contributed by atoms with Crippen molar-refractivity contribution in [2.24, 2.45) is 5.92 Å². The lowest BCUT2D eigenvalue weighted by Crippen LogP contribution is -2.41. The summed E-state index contributed by atoms with van der Waals surface area (Å²) in [6.07, 6.45) is 10.6. The Morgan fingerprint density at radius 3 is 2.70 bits per heavy atom. The maximum absolute atomic E-state index is 13.2. The van der Waals surface area contributed by atoms with Crippen LogP contribution in [-0.4, -0.2) is 31.4 Å². The number of nitrogens with one attached hydrogen (secondary N) is 1. The molecule has 1 aromatic carbocycles. The van der Waals surface area contributed by atoms with Gasteiger partial charge in [0.15, 0.2) is 5.69 Å². The van der Waals surface area contributed by atoms with E-state index >= 15 is 0 Å². The minimum absolute atomic E-state index is 0.0182. The van der Waals surface area contributed by atoms with Crippen molar-refractivity contribution >= 4 is 22.5 Å². The van der Waals surface area contributed by atoms with Crippen LogP contribution in [0.15, 0.2) is 53.4 Å². The van der Waals surface area contributed by atoms with Crippen molar-refractivity contribution in [2.75, 3.05) is 5.32 Å². The number of rotatable bonds is 6. The van der Waals surface area contributed by atoms with Gasteiger partial charge in [-0.1, -0.05) is 13.8 Å². The molecule has 0 spiro atoms. The molecule has 3 aromatic heterocycles. The van der Waals surface area contributed by atoms with Crippen LogP contribution in [0.4, 0.5) is 5.69 Å². The third-order valence-electron chi connectivity index (χ3n) is 7.90. The smallest absolute Gasteiger partial charge is 0.321 e. The number of benzene rings is 1. The topological polar surface area (TPSA) is 120 Å². The van der Waals surface area contributed by atoms with E-state index < -0.39 is 11.5 Å². The quantitative estimate of drug-likeness (QED) is 0.285. The molecule has 2 aliphatic carbocycles. The summed E-state index contributed by atoms with van der Waals surface area (Å²) < 4.78 is 8.23. The van der Waals surface area contributed by atoms with Crippen molar-refractivity contribution in [1.82, 2.24) is 14.8 Å². The first-order valence-corrected chi connectivity index (χ1v) is 13.0. The third-order valence-corrected chi connectivity index (χ3v) is 7.90. The Balaban J connectivity index is 1.32. The van der Waals surface area contributed by atoms with Crippen LogP contribution in [0.3, 0.4) is 0 Å². The molecule has 6 rings (SSSR count). The number of hydrogen-bond acceptors (Lipinski definition) is 6. The minimum atomic E-state index is -0.510. The normalized spacial score (nSPS) is 22.0. The Labute approximate surface area is 214 Å². The van der Waals surface area contributed by atoms with E-state index in [4.69, 9.17) is 9.52 Å². The van der Waals surface area contributed by atoms with Gasteiger partial charge in [0.2, 0.25) is 5.89 Å². The number of fused-ring (bicyclic) bond motifs is 1. The van der Waals surface area contributed by atoms with Crippen molar-refractivity contribution in [3.05, 3.63) is 65.6 Å². The Morgan fingerprint density at radius 2 is 2.03 bits per heavy atom. The number of nitrogens with zero attached hydrogens (tertiary/aromatic N) is 4. The van der Waals surface area contributed by atoms with Gasteiger partial charge in [-0.3, -0.25) is 9.48 Å². The number of pyridine rings is 1. The van der Waals surface area contributed by atoms with Gasteiger partial charge in [-0.15, -0.1) is 0 Å². The van der Waals surface area contributed by atoms with E-state index in [-0.39, 0.29) is 17.7 Å². The number of carbonyl (C=O) groups excluding carboxylic acids is 1. The highest BCUT2D eigenvalue weighted by Gasteiger charge is 2.45. The van der Waals surface area contributed by atoms with Crippen LogP contribution in [0.2, 0.25) is 0 Å². The summed E-state index contributed by atoms with van der Waals surface area (Å²) >= 11 is 0. The number of carbonyl (C=O) groups is 1. The molecule has 9 nitrogen and oxygen atoms in total. The van der Waals surface area contributed by atoms with Gasteiger partial charge < -0.3 is 20.0 Å². The summed E-state index contributed by atoms with van der Waals surface area (Å²) in [7, 11) is 0. The van der Waals surface area contributed by atoms with Crippen molar-refractivity contribution < 1.29 is 19.0 Å². The second-order valence-corrected chi connectivity index (χ2v) is 10.8. The largest absolute Gasteiger partial charge is 0.618 e. The fraction of sp³-hybridized carbons (Fsp3) is 0.429. The van der Waals surface area contributed by atoms with Crippen LogP contribution in [0, 0.1) is 11.1 Å². The summed E-state index contributed by atoms with van der Waals surface area (Å²) in [5, 5.41) is 32.4. The van der Waals surface area contributed by atoms with Gasteiger partial charge in [0.1, 0.15) is 6.26 Å². The molecule has 1 amide bonds. The number of oxazole rings is 1. The number of aliphatic hydroxyl groups is 1. The zero-order chi connectivity index (χ0) is 25.7. The van der Waals surface area contributed by atoms with E-state index in [9.17, 15) is 15.1 Å². The predicted molar refractivity (Wildman–Crippen MR) is 138 cm³/mol. The molecule has 0 unspecified atom stereocenters. The molecule has 0 radical (unpaired) electrons. The Morgan fingerprint density at radius 1 is 1.24 bits per heavy atom. The molecular weight excluding hydrogens is 470 g/mol. The highest BCUT2D eigenvalue weighted by molar-refractivity contribution is 6.05. The van der Waals surface area contributed by atoms with E-state index in [1.807, 2.05) is 36.9 Å². The molecule has 0 saturated heterocycles. The molecule has 0 bridgehead atoms. The van der Waals surface area contributed by atoms with E-state index in [0.29, 0.717) is 33.5 Å². The second kappa shape index (κ2) is 8.99. The molecule has 192 valence electrons. The summed E-state index contributed by atoms with van der Waals surface area (Å²) in [6.45, 7) is 3.83. The Bertz CT molecular complexity index is 1450. The van der Waals surface area contributed by atoms with Gasteiger partial charge in [-0.05, 0) is 62.6 Å². The average molecular weight is 502 g/mol. The molecule has 0 atom stereocenters. The van der Waals surface area contributed by atoms with E-state index in [2.05, 4.69) is 10.3 Å². The molecule has 4 aromatic rings. The zero-order valence-corrected chi connectivity index (χ0v) is 21.1. The second-order valence-electron chi connectivity index (χ2n) is 10.8. The van der Waals surface area contributed by atoms with Crippen LogP contribution in [0.1, 0.15) is 80.5 Å². The van der Waals surface area contributed by atoms with E-state index in [0.717, 1.165) is 49.4 Å². The van der Waals surface area contributed by atoms with Crippen LogP contribution in [0.25, 0.3) is 22.4 Å². The summed E-state index contributed by atoms with van der Waals surface area (Å²) in [6, 6.07) is 8.88. The fourth-order valence-electron chi connectivity index (χ4n) is 5.60. The van der Waals surface area contributed by atoms with Gasteiger partial charge in [0, 0.05) is 29.6 Å². The summed E-state index contributed by atoms with van der Waals surface area (Å²) in [5.41, 5.74) is 1.87. The molecule has 2 aliphatic rings. The Hall–Kier alpha value is -3.72. The van der Waals surface area contributed by atoms with Crippen molar-refractivity contribution in [3.8, 4) is 11.5 Å². The zero-order valence-electron chi connectivity index (χ0n) is 21.1. The maximum atomic E-state index is 13.2. The van der Waals surface area contributed by atoms with Crippen LogP contribution < -0.4 is 10.0 Å². The van der Waals surface area contributed by atoms with E-state index in [1.165, 1.54) is 12.3 Å². The first-order valence-electron chi connectivity index (χ1n) is 13.0. The van der Waals surface area contributed by atoms with Gasteiger partial charge in [0.25, 0.3) is 5.69 Å². The average Bonchev–Trinajstić information content (AvgIpc) is 3.46. The molecule has 3 heterocycles. The minimum Gasteiger partial charge on any atom is -0.618 e. The van der Waals surface area contributed by atoms with Crippen molar-refractivity contribution in [1.29, 1.82) is 0 Å². The standard InChI is InChI=1S/C28H31N5O4/c1-17(2)24-4-3-5-25(33(24)36)26(34)30-23-14-18-16-32(20-8-10-28(35,11-9-20)19-6-7-19)31-22(18)15-21(23)27-29-12-13-37-27/h3-5,12-17,19-20,35H,6-11H2,1-2H3,(H,30,34). The molecule has 0 aliphatic heterocycles. The first-order chi connectivity index (χ1) is 17.8. The van der Waals surface area contributed by atoms with Crippen LogP contribution in [-0.2, 0) is 0 Å². The lowest BCUT2D eigenvalue weighted by Gasteiger charge is -2.36. The predicted octanol–water partition coefficient (Wildman–Crippen LogP) is 4.96. The summed E-state index contributed by atoms with van der Waals surface area (Å²) in [4.78, 5) is 17.5. The lowest BCUT2D eigenvalue weighted by molar-refractivity contribution is -0.617. The first kappa shape index (κ1) is 23.7. The molecule has 2 saturated carbocycles. The highest BCUT2D eigenvalue weighted by atomic mass is 16.5. The number of amides is 1. The Kier molecular flexibility index (Phi) is 5.75. The third kappa shape index (κ3) is 4.37. The van der Waals surface area contributed by atoms with Crippen LogP contribution >= 0.6 is 0 Å². The van der Waals surface area contributed by atoms with Gasteiger partial charge in [-0.25, -0.2) is 4.98 Å². The number of hydrogen-bond donors (Lipinski definition) is 2. The maximum Gasteiger partial charge on any atom is 0.321 e. The summed E-state index contributed by atoms with van der Waals surface area (Å²) in [5.74, 6) is 0.289. The van der Waals surface area contributed by atoms with Crippen molar-refractivity contribution in [3.63, 3.8) is 0 Å². The fourth-order valence-corrected chi connectivity index (χ4v) is 5.60. The molecular formula is C28H31N5O4. The molecule has 2 N–H and O–H groups in total. The monoisotopic (exact) mass is 501 g/mol. The molecule has 2 fully saturated rings. The lowest BCUT2D eigenvalue weighted by atomic mass is 9.79. The molecule has 9 heteroatoms. The van der Waals surface area contributed by atoms with Crippen LogP contribution in [0.5, 0.6) is 0 Å². The van der Waals surface area contributed by atoms with Gasteiger partial charge in [-0.2, -0.15) is 9.83 Å². The number of anilines is 1. The van der Waals surface area contributed by atoms with E-state index in [1.54, 1.807) is 18.3 Å². The SMILES string of the molecule is CC(C)c1cccc(C(=O)Nc2cc3cn(C4CCC(O)(C5CC5)CC4)nc3cc2-c2ncco2)[n+]1[O-]. The van der Waals surface area contributed by atoms with Gasteiger partial charge >= 0.3 is 5.91 Å².